The minimum absolute atomic E-state index is 0.208. The second-order valence-corrected chi connectivity index (χ2v) is 3.77. The van der Waals surface area contributed by atoms with Gasteiger partial charge in [-0.05, 0) is 18.9 Å². The van der Waals surface area contributed by atoms with E-state index in [0.29, 0.717) is 25.8 Å². The summed E-state index contributed by atoms with van der Waals surface area (Å²) in [5, 5.41) is 13.2. The molecule has 0 saturated heterocycles. The lowest BCUT2D eigenvalue weighted by Gasteiger charge is -2.06. The number of hydrogen-bond donors (Lipinski definition) is 2. The molecule has 18 heavy (non-hydrogen) atoms. The molecule has 7 heteroatoms. The van der Waals surface area contributed by atoms with E-state index >= 15 is 0 Å². The first-order chi connectivity index (χ1) is 8.50. The van der Waals surface area contributed by atoms with Crippen LogP contribution in [0.2, 0.25) is 0 Å². The summed E-state index contributed by atoms with van der Waals surface area (Å²) in [5.41, 5.74) is 4.89. The van der Waals surface area contributed by atoms with Crippen molar-refractivity contribution in [2.75, 3.05) is 11.9 Å². The van der Waals surface area contributed by atoms with Crippen molar-refractivity contribution >= 4 is 17.3 Å². The predicted molar refractivity (Wildman–Crippen MR) is 64.6 cm³/mol. The molecule has 0 heterocycles. The van der Waals surface area contributed by atoms with Gasteiger partial charge in [-0.25, -0.2) is 4.39 Å². The molecule has 1 amide bonds. The van der Waals surface area contributed by atoms with Gasteiger partial charge in [-0.15, -0.1) is 0 Å². The van der Waals surface area contributed by atoms with Crippen LogP contribution in [0.3, 0.4) is 0 Å². The van der Waals surface area contributed by atoms with Crippen molar-refractivity contribution in [1.82, 2.24) is 0 Å². The highest BCUT2D eigenvalue weighted by atomic mass is 19.1. The zero-order valence-electron chi connectivity index (χ0n) is 9.69. The molecular formula is C11H14FN3O3. The number of nitrogens with two attached hydrogens (primary N) is 1. The Morgan fingerprint density at radius 1 is 1.44 bits per heavy atom. The normalized spacial score (nSPS) is 10.1. The number of nitro groups is 1. The van der Waals surface area contributed by atoms with Crippen molar-refractivity contribution in [2.45, 2.75) is 19.3 Å². The highest BCUT2D eigenvalue weighted by Gasteiger charge is 2.09. The van der Waals surface area contributed by atoms with E-state index in [1.54, 1.807) is 0 Å². The zero-order chi connectivity index (χ0) is 13.5. The minimum Gasteiger partial charge on any atom is -0.383 e. The van der Waals surface area contributed by atoms with Crippen LogP contribution in [0.4, 0.5) is 15.8 Å². The van der Waals surface area contributed by atoms with Gasteiger partial charge in [0.15, 0.2) is 5.82 Å². The number of carbonyl (C=O) groups excluding carboxylic acids is 1. The highest BCUT2D eigenvalue weighted by molar-refractivity contribution is 5.73. The number of carbonyl (C=O) groups is 1. The quantitative estimate of drug-likeness (QED) is 0.441. The third kappa shape index (κ3) is 4.36. The Bertz CT molecular complexity index is 451. The van der Waals surface area contributed by atoms with Crippen LogP contribution in [0.15, 0.2) is 18.2 Å². The molecule has 0 aliphatic rings. The lowest BCUT2D eigenvalue weighted by molar-refractivity contribution is -0.385. The maximum atomic E-state index is 13.4. The fraction of sp³-hybridized carbons (Fsp3) is 0.364. The molecule has 6 nitrogen and oxygen atoms in total. The number of anilines is 1. The number of hydrogen-bond acceptors (Lipinski definition) is 4. The number of halogens is 1. The molecule has 3 N–H and O–H groups in total. The van der Waals surface area contributed by atoms with E-state index in [4.69, 9.17) is 5.73 Å². The Morgan fingerprint density at radius 3 is 2.72 bits per heavy atom. The summed E-state index contributed by atoms with van der Waals surface area (Å²) in [6.07, 6.45) is 1.58. The monoisotopic (exact) mass is 255 g/mol. The van der Waals surface area contributed by atoms with Gasteiger partial charge in [-0.3, -0.25) is 14.9 Å². The molecule has 1 aromatic rings. The van der Waals surface area contributed by atoms with E-state index < -0.39 is 10.7 Å². The van der Waals surface area contributed by atoms with E-state index in [1.807, 2.05) is 0 Å². The number of nitro benzene ring substituents is 1. The average molecular weight is 255 g/mol. The molecule has 0 radical (unpaired) electrons. The Balaban J connectivity index is 2.43. The van der Waals surface area contributed by atoms with E-state index in [-0.39, 0.29) is 17.3 Å². The van der Waals surface area contributed by atoms with Crippen molar-refractivity contribution in [3.63, 3.8) is 0 Å². The largest absolute Gasteiger partial charge is 0.383 e. The molecule has 0 aliphatic heterocycles. The van der Waals surface area contributed by atoms with E-state index in [2.05, 4.69) is 5.32 Å². The van der Waals surface area contributed by atoms with Crippen LogP contribution in [-0.2, 0) is 4.79 Å². The van der Waals surface area contributed by atoms with Gasteiger partial charge in [0.25, 0.3) is 5.69 Å². The molecule has 0 fully saturated rings. The molecule has 0 saturated carbocycles. The number of benzene rings is 1. The summed E-state index contributed by atoms with van der Waals surface area (Å²) >= 11 is 0. The van der Waals surface area contributed by atoms with E-state index in [1.165, 1.54) is 12.1 Å². The van der Waals surface area contributed by atoms with Crippen LogP contribution >= 0.6 is 0 Å². The maximum Gasteiger partial charge on any atom is 0.272 e. The minimum atomic E-state index is -0.667. The van der Waals surface area contributed by atoms with Crippen molar-refractivity contribution in [2.24, 2.45) is 5.73 Å². The second kappa shape index (κ2) is 6.53. The van der Waals surface area contributed by atoms with Crippen LogP contribution in [-0.4, -0.2) is 17.4 Å². The molecule has 0 unspecified atom stereocenters. The van der Waals surface area contributed by atoms with Crippen molar-refractivity contribution in [3.05, 3.63) is 34.1 Å². The molecule has 98 valence electrons. The molecule has 0 aromatic heterocycles. The number of amides is 1. The Kier molecular flexibility index (Phi) is 5.04. The Labute approximate surface area is 103 Å². The molecule has 0 spiro atoms. The van der Waals surface area contributed by atoms with Gasteiger partial charge >= 0.3 is 0 Å². The van der Waals surface area contributed by atoms with Crippen molar-refractivity contribution < 1.29 is 14.1 Å². The summed E-state index contributed by atoms with van der Waals surface area (Å²) in [7, 11) is 0. The van der Waals surface area contributed by atoms with Crippen molar-refractivity contribution in [3.8, 4) is 0 Å². The van der Waals surface area contributed by atoms with Crippen LogP contribution < -0.4 is 11.1 Å². The molecule has 0 aliphatic carbocycles. The number of non-ortho nitro benzene ring substituents is 1. The molecular weight excluding hydrogens is 241 g/mol. The molecule has 1 rings (SSSR count). The third-order valence-electron chi connectivity index (χ3n) is 2.33. The number of rotatable bonds is 7. The van der Waals surface area contributed by atoms with Gasteiger partial charge in [0.2, 0.25) is 5.91 Å². The Hall–Kier alpha value is -2.18. The number of nitrogens with one attached hydrogen (secondary N) is 1. The van der Waals surface area contributed by atoms with Gasteiger partial charge in [-0.2, -0.15) is 0 Å². The number of unbranched alkanes of at least 4 members (excludes halogenated alkanes) is 1. The van der Waals surface area contributed by atoms with Crippen LogP contribution in [0.5, 0.6) is 0 Å². The summed E-state index contributed by atoms with van der Waals surface area (Å²) in [5.74, 6) is -1.03. The molecule has 0 bridgehead atoms. The lowest BCUT2D eigenvalue weighted by atomic mass is 10.2. The van der Waals surface area contributed by atoms with Gasteiger partial charge in [0.05, 0.1) is 16.7 Å². The van der Waals surface area contributed by atoms with Crippen LogP contribution in [0.1, 0.15) is 19.3 Å². The summed E-state index contributed by atoms with van der Waals surface area (Å²) in [4.78, 5) is 20.2. The first-order valence-corrected chi connectivity index (χ1v) is 5.47. The van der Waals surface area contributed by atoms with Gasteiger partial charge < -0.3 is 11.1 Å². The van der Waals surface area contributed by atoms with Gasteiger partial charge in [-0.1, -0.05) is 0 Å². The lowest BCUT2D eigenvalue weighted by Crippen LogP contribution is -2.11. The highest BCUT2D eigenvalue weighted by Crippen LogP contribution is 2.20. The first kappa shape index (κ1) is 13.9. The van der Waals surface area contributed by atoms with Crippen LogP contribution in [0, 0.1) is 15.9 Å². The average Bonchev–Trinajstić information content (AvgIpc) is 2.29. The summed E-state index contributed by atoms with van der Waals surface area (Å²) in [6.45, 7) is 0.474. The standard InChI is InChI=1S/C11H14FN3O3/c12-9-7-8(15(17)18)4-5-10(9)14-6-2-1-3-11(13)16/h4-5,7,14H,1-3,6H2,(H2,13,16). The predicted octanol–water partition coefficient (Wildman–Crippen LogP) is 1.80. The first-order valence-electron chi connectivity index (χ1n) is 5.47. The summed E-state index contributed by atoms with van der Waals surface area (Å²) in [6, 6.07) is 3.42. The zero-order valence-corrected chi connectivity index (χ0v) is 9.69. The third-order valence-corrected chi connectivity index (χ3v) is 2.33. The SMILES string of the molecule is NC(=O)CCCCNc1ccc([N+](=O)[O-])cc1F. The fourth-order valence-corrected chi connectivity index (χ4v) is 1.41. The van der Waals surface area contributed by atoms with E-state index in [0.717, 1.165) is 6.07 Å². The smallest absolute Gasteiger partial charge is 0.272 e. The number of nitrogens with zero attached hydrogens (tertiary/aromatic N) is 1. The second-order valence-electron chi connectivity index (χ2n) is 3.77. The topological polar surface area (TPSA) is 98.3 Å². The fourth-order valence-electron chi connectivity index (χ4n) is 1.41. The molecule has 0 atom stereocenters. The van der Waals surface area contributed by atoms with Crippen LogP contribution in [0.25, 0.3) is 0 Å². The Morgan fingerprint density at radius 2 is 2.17 bits per heavy atom. The van der Waals surface area contributed by atoms with Gasteiger partial charge in [0.1, 0.15) is 0 Å². The summed E-state index contributed by atoms with van der Waals surface area (Å²) < 4.78 is 13.4. The van der Waals surface area contributed by atoms with Gasteiger partial charge in [0, 0.05) is 19.0 Å². The van der Waals surface area contributed by atoms with Crippen molar-refractivity contribution in [1.29, 1.82) is 0 Å². The van der Waals surface area contributed by atoms with E-state index in [9.17, 15) is 19.3 Å². The number of primary amides is 1. The maximum absolute atomic E-state index is 13.4. The molecule has 1 aromatic carbocycles.